The van der Waals surface area contributed by atoms with Gasteiger partial charge in [-0.1, -0.05) is 29.8 Å². The fourth-order valence-corrected chi connectivity index (χ4v) is 3.29. The standard InChI is InChI=1S/C19H17ClN2O2/c20-14-7-8-16(22-9-3-4-10-22)15(12-14)21-19(23)18-11-13-5-1-2-6-17(13)24-18/h1-2,5-8,11-12H,3-4,9-10H2,(H,21,23). The maximum atomic E-state index is 12.6. The summed E-state index contributed by atoms with van der Waals surface area (Å²) in [6, 6.07) is 14.9. The molecule has 4 nitrogen and oxygen atoms in total. The van der Waals surface area contributed by atoms with E-state index < -0.39 is 0 Å². The highest BCUT2D eigenvalue weighted by molar-refractivity contribution is 6.31. The van der Waals surface area contributed by atoms with Crippen molar-refractivity contribution in [3.05, 3.63) is 59.3 Å². The number of furan rings is 1. The number of hydrogen-bond donors (Lipinski definition) is 1. The molecule has 122 valence electrons. The lowest BCUT2D eigenvalue weighted by atomic mass is 10.2. The number of nitrogens with zero attached hydrogens (tertiary/aromatic N) is 1. The van der Waals surface area contributed by atoms with Gasteiger partial charge in [-0.3, -0.25) is 4.79 Å². The van der Waals surface area contributed by atoms with E-state index in [0.717, 1.165) is 29.9 Å². The summed E-state index contributed by atoms with van der Waals surface area (Å²) in [5.41, 5.74) is 2.42. The van der Waals surface area contributed by atoms with Gasteiger partial charge in [-0.2, -0.15) is 0 Å². The van der Waals surface area contributed by atoms with E-state index in [2.05, 4.69) is 10.2 Å². The topological polar surface area (TPSA) is 45.5 Å². The summed E-state index contributed by atoms with van der Waals surface area (Å²) >= 11 is 6.12. The number of anilines is 2. The molecule has 0 bridgehead atoms. The molecule has 2 heterocycles. The van der Waals surface area contributed by atoms with E-state index >= 15 is 0 Å². The molecular formula is C19H17ClN2O2. The number of benzene rings is 2. The Labute approximate surface area is 145 Å². The number of amides is 1. The average Bonchev–Trinajstić information content (AvgIpc) is 3.24. The largest absolute Gasteiger partial charge is 0.451 e. The van der Waals surface area contributed by atoms with Crippen LogP contribution in [-0.2, 0) is 0 Å². The lowest BCUT2D eigenvalue weighted by Crippen LogP contribution is -2.21. The Kier molecular flexibility index (Phi) is 3.90. The van der Waals surface area contributed by atoms with E-state index in [4.69, 9.17) is 16.0 Å². The Morgan fingerprint density at radius 1 is 1.08 bits per heavy atom. The molecule has 0 atom stereocenters. The number of fused-ring (bicyclic) bond motifs is 1. The van der Waals surface area contributed by atoms with Crippen molar-refractivity contribution in [3.8, 4) is 0 Å². The molecule has 5 heteroatoms. The zero-order chi connectivity index (χ0) is 16.5. The summed E-state index contributed by atoms with van der Waals surface area (Å²) < 4.78 is 5.64. The van der Waals surface area contributed by atoms with Crippen LogP contribution in [0, 0.1) is 0 Å². The van der Waals surface area contributed by atoms with Gasteiger partial charge < -0.3 is 14.6 Å². The lowest BCUT2D eigenvalue weighted by molar-refractivity contribution is 0.0999. The van der Waals surface area contributed by atoms with Gasteiger partial charge in [-0.05, 0) is 43.2 Å². The van der Waals surface area contributed by atoms with Crippen LogP contribution in [-0.4, -0.2) is 19.0 Å². The van der Waals surface area contributed by atoms with Crippen LogP contribution in [0.25, 0.3) is 11.0 Å². The Bertz CT molecular complexity index is 864. The normalized spacial score (nSPS) is 14.3. The second-order valence-corrected chi connectivity index (χ2v) is 6.39. The van der Waals surface area contributed by atoms with Gasteiger partial charge in [-0.15, -0.1) is 0 Å². The summed E-state index contributed by atoms with van der Waals surface area (Å²) in [4.78, 5) is 14.9. The quantitative estimate of drug-likeness (QED) is 0.734. The highest BCUT2D eigenvalue weighted by Crippen LogP contribution is 2.32. The zero-order valence-corrected chi connectivity index (χ0v) is 13.8. The van der Waals surface area contributed by atoms with Crippen molar-refractivity contribution in [2.75, 3.05) is 23.3 Å². The zero-order valence-electron chi connectivity index (χ0n) is 13.1. The van der Waals surface area contributed by atoms with Gasteiger partial charge >= 0.3 is 0 Å². The van der Waals surface area contributed by atoms with E-state index in [1.807, 2.05) is 36.4 Å². The van der Waals surface area contributed by atoms with Gasteiger partial charge in [0.25, 0.3) is 5.91 Å². The number of carbonyl (C=O) groups excluding carboxylic acids is 1. The predicted octanol–water partition coefficient (Wildman–Crippen LogP) is 4.94. The summed E-state index contributed by atoms with van der Waals surface area (Å²) in [7, 11) is 0. The number of para-hydroxylation sites is 1. The van der Waals surface area contributed by atoms with Crippen molar-refractivity contribution < 1.29 is 9.21 Å². The second-order valence-electron chi connectivity index (χ2n) is 5.96. The van der Waals surface area contributed by atoms with Crippen LogP contribution in [0.5, 0.6) is 0 Å². The van der Waals surface area contributed by atoms with E-state index in [1.54, 1.807) is 12.1 Å². The van der Waals surface area contributed by atoms with Gasteiger partial charge in [0.05, 0.1) is 11.4 Å². The van der Waals surface area contributed by atoms with E-state index in [-0.39, 0.29) is 5.91 Å². The maximum absolute atomic E-state index is 12.6. The van der Waals surface area contributed by atoms with E-state index in [1.165, 1.54) is 12.8 Å². The third-order valence-corrected chi connectivity index (χ3v) is 4.54. The monoisotopic (exact) mass is 340 g/mol. The average molecular weight is 341 g/mol. The summed E-state index contributed by atoms with van der Waals surface area (Å²) in [5, 5.41) is 4.45. The number of halogens is 1. The first-order valence-electron chi connectivity index (χ1n) is 8.05. The molecule has 1 amide bonds. The van der Waals surface area contributed by atoms with Crippen LogP contribution >= 0.6 is 11.6 Å². The van der Waals surface area contributed by atoms with Gasteiger partial charge in [0.1, 0.15) is 5.58 Å². The number of carbonyl (C=O) groups is 1. The van der Waals surface area contributed by atoms with Crippen molar-refractivity contribution in [2.45, 2.75) is 12.8 Å². The minimum atomic E-state index is -0.270. The second kappa shape index (κ2) is 6.21. The van der Waals surface area contributed by atoms with Crippen LogP contribution in [0.3, 0.4) is 0 Å². The third kappa shape index (κ3) is 2.85. The molecule has 4 rings (SSSR count). The molecule has 0 spiro atoms. The Morgan fingerprint density at radius 3 is 2.67 bits per heavy atom. The fourth-order valence-electron chi connectivity index (χ4n) is 3.12. The molecule has 1 fully saturated rings. The maximum Gasteiger partial charge on any atom is 0.291 e. The Balaban J connectivity index is 1.64. The van der Waals surface area contributed by atoms with Crippen LogP contribution in [0.1, 0.15) is 23.4 Å². The first kappa shape index (κ1) is 15.1. The van der Waals surface area contributed by atoms with Crippen molar-refractivity contribution in [3.63, 3.8) is 0 Å². The summed E-state index contributed by atoms with van der Waals surface area (Å²) in [6.07, 6.45) is 2.33. The van der Waals surface area contributed by atoms with Crippen molar-refractivity contribution >= 4 is 39.9 Å². The molecule has 1 aliphatic rings. The number of nitrogens with one attached hydrogen (secondary N) is 1. The predicted molar refractivity (Wildman–Crippen MR) is 97.1 cm³/mol. The summed E-state index contributed by atoms with van der Waals surface area (Å²) in [6.45, 7) is 1.99. The van der Waals surface area contributed by atoms with E-state index in [9.17, 15) is 4.79 Å². The van der Waals surface area contributed by atoms with Gasteiger partial charge in [-0.25, -0.2) is 0 Å². The smallest absolute Gasteiger partial charge is 0.291 e. The first-order chi connectivity index (χ1) is 11.7. The molecule has 3 aromatic rings. The van der Waals surface area contributed by atoms with Crippen molar-refractivity contribution in [2.24, 2.45) is 0 Å². The van der Waals surface area contributed by atoms with Gasteiger partial charge in [0, 0.05) is 23.5 Å². The molecular weight excluding hydrogens is 324 g/mol. The molecule has 2 aromatic carbocycles. The number of rotatable bonds is 3. The van der Waals surface area contributed by atoms with Crippen LogP contribution < -0.4 is 10.2 Å². The van der Waals surface area contributed by atoms with Crippen molar-refractivity contribution in [1.29, 1.82) is 0 Å². The molecule has 1 N–H and O–H groups in total. The van der Waals surface area contributed by atoms with Crippen LogP contribution in [0.2, 0.25) is 5.02 Å². The minimum Gasteiger partial charge on any atom is -0.451 e. The summed E-state index contributed by atoms with van der Waals surface area (Å²) in [5.74, 6) is 0.0254. The minimum absolute atomic E-state index is 0.270. The fraction of sp³-hybridized carbons (Fsp3) is 0.211. The van der Waals surface area contributed by atoms with Crippen molar-refractivity contribution in [1.82, 2.24) is 0 Å². The first-order valence-corrected chi connectivity index (χ1v) is 8.43. The Morgan fingerprint density at radius 2 is 1.88 bits per heavy atom. The Hall–Kier alpha value is -2.46. The third-order valence-electron chi connectivity index (χ3n) is 4.30. The number of hydrogen-bond acceptors (Lipinski definition) is 3. The molecule has 0 radical (unpaired) electrons. The molecule has 0 aliphatic carbocycles. The molecule has 0 unspecified atom stereocenters. The molecule has 0 saturated carbocycles. The van der Waals surface area contributed by atoms with Gasteiger partial charge in [0.2, 0.25) is 0 Å². The molecule has 1 aliphatic heterocycles. The van der Waals surface area contributed by atoms with Gasteiger partial charge in [0.15, 0.2) is 5.76 Å². The lowest BCUT2D eigenvalue weighted by Gasteiger charge is -2.21. The van der Waals surface area contributed by atoms with Crippen LogP contribution in [0.4, 0.5) is 11.4 Å². The van der Waals surface area contributed by atoms with E-state index in [0.29, 0.717) is 16.4 Å². The van der Waals surface area contributed by atoms with Crippen LogP contribution in [0.15, 0.2) is 52.9 Å². The molecule has 24 heavy (non-hydrogen) atoms. The molecule has 1 saturated heterocycles. The SMILES string of the molecule is O=C(Nc1cc(Cl)ccc1N1CCCC1)c1cc2ccccc2o1. The molecule has 1 aromatic heterocycles. The highest BCUT2D eigenvalue weighted by atomic mass is 35.5. The highest BCUT2D eigenvalue weighted by Gasteiger charge is 2.19.